The number of rotatable bonds is 6. The van der Waals surface area contributed by atoms with Crippen LogP contribution in [0.4, 0.5) is 5.95 Å². The first-order valence-corrected chi connectivity index (χ1v) is 11.1. The van der Waals surface area contributed by atoms with Gasteiger partial charge in [-0.1, -0.05) is 29.8 Å². The van der Waals surface area contributed by atoms with Crippen LogP contribution in [0.3, 0.4) is 0 Å². The quantitative estimate of drug-likeness (QED) is 0.360. The van der Waals surface area contributed by atoms with Crippen molar-refractivity contribution in [1.29, 1.82) is 0 Å². The first-order valence-electron chi connectivity index (χ1n) is 11.1. The van der Waals surface area contributed by atoms with Crippen LogP contribution in [0.5, 0.6) is 0 Å². The maximum Gasteiger partial charge on any atom is 0.269 e. The Morgan fingerprint density at radius 1 is 0.914 bits per heavy atom. The van der Waals surface area contributed by atoms with Crippen molar-refractivity contribution in [3.05, 3.63) is 94.3 Å². The van der Waals surface area contributed by atoms with Crippen LogP contribution >= 0.6 is 0 Å². The summed E-state index contributed by atoms with van der Waals surface area (Å²) in [6, 6.07) is 21.7. The number of nitrogens with one attached hydrogen (secondary N) is 2. The number of fused-ring (bicyclic) bond motifs is 1. The van der Waals surface area contributed by atoms with Gasteiger partial charge in [0.15, 0.2) is 0 Å². The molecule has 0 spiro atoms. The maximum atomic E-state index is 12.7. The fraction of sp³-hybridized carbons (Fsp3) is 0.115. The molecule has 9 heteroatoms. The molecule has 0 aliphatic heterocycles. The normalized spacial score (nSPS) is 10.9. The van der Waals surface area contributed by atoms with Crippen molar-refractivity contribution in [2.45, 2.75) is 20.4 Å². The molecular formula is C26H22N6O3. The molecule has 0 saturated heterocycles. The van der Waals surface area contributed by atoms with E-state index >= 15 is 0 Å². The lowest BCUT2D eigenvalue weighted by Gasteiger charge is -2.14. The molecule has 3 aromatic carbocycles. The van der Waals surface area contributed by atoms with Gasteiger partial charge >= 0.3 is 0 Å². The third-order valence-corrected chi connectivity index (χ3v) is 5.58. The number of amides is 1. The highest BCUT2D eigenvalue weighted by atomic mass is 16.4. The fourth-order valence-corrected chi connectivity index (χ4v) is 3.66. The Kier molecular flexibility index (Phi) is 5.80. The zero-order chi connectivity index (χ0) is 24.4. The predicted octanol–water partition coefficient (Wildman–Crippen LogP) is 4.20. The van der Waals surface area contributed by atoms with Gasteiger partial charge in [0.25, 0.3) is 11.5 Å². The number of para-hydroxylation sites is 1. The van der Waals surface area contributed by atoms with E-state index in [9.17, 15) is 9.59 Å². The molecule has 0 fully saturated rings. The molecule has 5 aromatic rings. The SMILES string of the molecule is CCn1c(NNC(=O)c2ccc(-c3nnc(-c4ccc(C)cc4)o3)cc2)nc2ccccc2c1=O. The Hall–Kier alpha value is -4.79. The second-order valence-electron chi connectivity index (χ2n) is 7.94. The number of carbonyl (C=O) groups is 1. The molecule has 0 bridgehead atoms. The molecule has 0 aliphatic rings. The third-order valence-electron chi connectivity index (χ3n) is 5.58. The number of carbonyl (C=O) groups excluding carboxylic acids is 1. The Morgan fingerprint density at radius 3 is 2.20 bits per heavy atom. The van der Waals surface area contributed by atoms with Crippen LogP contribution in [-0.2, 0) is 6.54 Å². The number of hydrazine groups is 1. The molecule has 9 nitrogen and oxygen atoms in total. The van der Waals surface area contributed by atoms with Gasteiger partial charge < -0.3 is 4.42 Å². The minimum atomic E-state index is -0.382. The second-order valence-corrected chi connectivity index (χ2v) is 7.94. The van der Waals surface area contributed by atoms with Crippen molar-refractivity contribution in [2.75, 3.05) is 5.43 Å². The van der Waals surface area contributed by atoms with E-state index in [1.54, 1.807) is 42.5 Å². The molecule has 2 heterocycles. The number of aryl methyl sites for hydroxylation is 1. The van der Waals surface area contributed by atoms with Crippen LogP contribution in [0.1, 0.15) is 22.8 Å². The van der Waals surface area contributed by atoms with E-state index in [2.05, 4.69) is 26.0 Å². The van der Waals surface area contributed by atoms with Gasteiger partial charge in [0.1, 0.15) is 0 Å². The Bertz CT molecular complexity index is 1570. The average molecular weight is 467 g/mol. The van der Waals surface area contributed by atoms with Crippen molar-refractivity contribution >= 4 is 22.8 Å². The van der Waals surface area contributed by atoms with Gasteiger partial charge in [-0.25, -0.2) is 4.98 Å². The highest BCUT2D eigenvalue weighted by molar-refractivity contribution is 5.95. The Balaban J connectivity index is 1.30. The monoisotopic (exact) mass is 466 g/mol. The molecule has 0 atom stereocenters. The van der Waals surface area contributed by atoms with Crippen molar-refractivity contribution in [3.8, 4) is 22.9 Å². The van der Waals surface area contributed by atoms with Crippen LogP contribution < -0.4 is 16.4 Å². The fourth-order valence-electron chi connectivity index (χ4n) is 3.66. The summed E-state index contributed by atoms with van der Waals surface area (Å²) in [5.41, 5.74) is 8.84. The van der Waals surface area contributed by atoms with E-state index in [0.717, 1.165) is 11.1 Å². The third kappa shape index (κ3) is 4.39. The summed E-state index contributed by atoms with van der Waals surface area (Å²) in [6.07, 6.45) is 0. The molecule has 1 amide bonds. The molecule has 2 N–H and O–H groups in total. The molecule has 5 rings (SSSR count). The predicted molar refractivity (Wildman–Crippen MR) is 133 cm³/mol. The number of anilines is 1. The van der Waals surface area contributed by atoms with Crippen LogP contribution in [0.25, 0.3) is 33.8 Å². The number of hydrogen-bond donors (Lipinski definition) is 2. The minimum absolute atomic E-state index is 0.177. The van der Waals surface area contributed by atoms with E-state index in [0.29, 0.717) is 40.4 Å². The summed E-state index contributed by atoms with van der Waals surface area (Å²) in [5, 5.41) is 8.76. The van der Waals surface area contributed by atoms with Gasteiger partial charge in [0.2, 0.25) is 17.7 Å². The van der Waals surface area contributed by atoms with Crippen LogP contribution in [0.15, 0.2) is 82.0 Å². The summed E-state index contributed by atoms with van der Waals surface area (Å²) >= 11 is 0. The van der Waals surface area contributed by atoms with Crippen molar-refractivity contribution < 1.29 is 9.21 Å². The van der Waals surface area contributed by atoms with E-state index in [-0.39, 0.29) is 17.4 Å². The molecule has 0 unspecified atom stereocenters. The summed E-state index contributed by atoms with van der Waals surface area (Å²) < 4.78 is 7.26. The van der Waals surface area contributed by atoms with Gasteiger partial charge in [0, 0.05) is 23.2 Å². The summed E-state index contributed by atoms with van der Waals surface area (Å²) in [6.45, 7) is 4.25. The molecule has 0 saturated carbocycles. The minimum Gasteiger partial charge on any atom is -0.416 e. The van der Waals surface area contributed by atoms with Crippen LogP contribution in [-0.4, -0.2) is 25.7 Å². The van der Waals surface area contributed by atoms with Crippen molar-refractivity contribution in [3.63, 3.8) is 0 Å². The Morgan fingerprint density at radius 2 is 1.54 bits per heavy atom. The average Bonchev–Trinajstić information content (AvgIpc) is 3.38. The zero-order valence-corrected chi connectivity index (χ0v) is 19.1. The van der Waals surface area contributed by atoms with E-state index in [1.165, 1.54) is 4.57 Å². The van der Waals surface area contributed by atoms with Crippen molar-refractivity contribution in [2.24, 2.45) is 0 Å². The molecule has 174 valence electrons. The van der Waals surface area contributed by atoms with Crippen molar-refractivity contribution in [1.82, 2.24) is 25.2 Å². The lowest BCUT2D eigenvalue weighted by molar-refractivity contribution is 0.0962. The van der Waals surface area contributed by atoms with E-state index in [1.807, 2.05) is 44.2 Å². The number of benzene rings is 3. The maximum absolute atomic E-state index is 12.7. The summed E-state index contributed by atoms with van der Waals surface area (Å²) in [7, 11) is 0. The van der Waals surface area contributed by atoms with E-state index in [4.69, 9.17) is 4.42 Å². The molecule has 35 heavy (non-hydrogen) atoms. The molecular weight excluding hydrogens is 444 g/mol. The van der Waals surface area contributed by atoms with Gasteiger partial charge in [-0.05, 0) is 62.4 Å². The largest absolute Gasteiger partial charge is 0.416 e. The first-order chi connectivity index (χ1) is 17.0. The van der Waals surface area contributed by atoms with Crippen LogP contribution in [0.2, 0.25) is 0 Å². The second kappa shape index (κ2) is 9.22. The zero-order valence-electron chi connectivity index (χ0n) is 19.1. The number of nitrogens with zero attached hydrogens (tertiary/aromatic N) is 4. The van der Waals surface area contributed by atoms with E-state index < -0.39 is 0 Å². The van der Waals surface area contributed by atoms with Crippen LogP contribution in [0, 0.1) is 6.92 Å². The first kappa shape index (κ1) is 22.0. The molecule has 2 aromatic heterocycles. The smallest absolute Gasteiger partial charge is 0.269 e. The lowest BCUT2D eigenvalue weighted by atomic mass is 10.1. The Labute approximate surface area is 200 Å². The molecule has 0 aliphatic carbocycles. The summed E-state index contributed by atoms with van der Waals surface area (Å²) in [4.78, 5) is 29.9. The highest BCUT2D eigenvalue weighted by Gasteiger charge is 2.13. The number of hydrogen-bond acceptors (Lipinski definition) is 7. The lowest BCUT2D eigenvalue weighted by Crippen LogP contribution is -2.34. The molecule has 0 radical (unpaired) electrons. The summed E-state index contributed by atoms with van der Waals surface area (Å²) in [5.74, 6) is 0.664. The number of aromatic nitrogens is 4. The van der Waals surface area contributed by atoms with Gasteiger partial charge in [-0.15, -0.1) is 10.2 Å². The van der Waals surface area contributed by atoms with Gasteiger partial charge in [0.05, 0.1) is 10.9 Å². The van der Waals surface area contributed by atoms with Gasteiger partial charge in [-0.3, -0.25) is 25.0 Å². The standard InChI is InChI=1S/C26H22N6O3/c1-3-32-25(34)20-6-4-5-7-21(20)27-26(32)31-28-22(33)17-12-14-19(15-13-17)24-30-29-23(35-24)18-10-8-16(2)9-11-18/h4-15H,3H2,1-2H3,(H,27,31)(H,28,33). The van der Waals surface area contributed by atoms with Gasteiger partial charge in [-0.2, -0.15) is 0 Å². The topological polar surface area (TPSA) is 115 Å². The highest BCUT2D eigenvalue weighted by Crippen LogP contribution is 2.24.